The van der Waals surface area contributed by atoms with Crippen molar-refractivity contribution in [3.05, 3.63) is 29.2 Å². The highest BCUT2D eigenvalue weighted by Crippen LogP contribution is 2.40. The molecule has 1 unspecified atom stereocenters. The van der Waals surface area contributed by atoms with Crippen molar-refractivity contribution in [1.82, 2.24) is 19.9 Å². The maximum absolute atomic E-state index is 13.2. The number of alkyl halides is 2. The first-order valence-electron chi connectivity index (χ1n) is 7.49. The smallest absolute Gasteiger partial charge is 0.280 e. The fourth-order valence-electron chi connectivity index (χ4n) is 2.27. The second-order valence-electron chi connectivity index (χ2n) is 5.76. The van der Waals surface area contributed by atoms with Crippen LogP contribution in [0.15, 0.2) is 12.1 Å². The second kappa shape index (κ2) is 5.62. The predicted molar refractivity (Wildman–Crippen MR) is 77.1 cm³/mol. The molecule has 5 nitrogen and oxygen atoms in total. The fourth-order valence-corrected chi connectivity index (χ4v) is 2.27. The summed E-state index contributed by atoms with van der Waals surface area (Å²) in [6, 6.07) is 2.87. The van der Waals surface area contributed by atoms with Crippen LogP contribution < -0.4 is 5.32 Å². The van der Waals surface area contributed by atoms with Crippen LogP contribution in [0.25, 0.3) is 5.65 Å². The van der Waals surface area contributed by atoms with Crippen molar-refractivity contribution in [3.8, 4) is 0 Å². The molecule has 0 radical (unpaired) electrons. The molecule has 3 rings (SSSR count). The van der Waals surface area contributed by atoms with Crippen molar-refractivity contribution in [2.75, 3.05) is 0 Å². The summed E-state index contributed by atoms with van der Waals surface area (Å²) in [6.45, 7) is 3.83. The quantitative estimate of drug-likeness (QED) is 0.923. The molecule has 22 heavy (non-hydrogen) atoms. The zero-order chi connectivity index (χ0) is 15.9. The first-order valence-corrected chi connectivity index (χ1v) is 7.49. The molecule has 1 atom stereocenters. The molecule has 1 amide bonds. The number of aromatic nitrogens is 3. The topological polar surface area (TPSA) is 59.3 Å². The van der Waals surface area contributed by atoms with Crippen molar-refractivity contribution < 1.29 is 13.6 Å². The average Bonchev–Trinajstić information content (AvgIpc) is 3.24. The third-order valence-electron chi connectivity index (χ3n) is 3.92. The number of carbonyl (C=O) groups excluding carboxylic acids is 1. The van der Waals surface area contributed by atoms with E-state index in [-0.39, 0.29) is 29.3 Å². The fraction of sp³-hybridized carbons (Fsp3) is 0.533. The van der Waals surface area contributed by atoms with Crippen LogP contribution in [0.5, 0.6) is 0 Å². The van der Waals surface area contributed by atoms with Gasteiger partial charge in [-0.2, -0.15) is 5.10 Å². The first kappa shape index (κ1) is 14.9. The summed E-state index contributed by atoms with van der Waals surface area (Å²) in [6.07, 6.45) is 0.0714. The summed E-state index contributed by atoms with van der Waals surface area (Å²) in [5.74, 6) is -0.108. The van der Waals surface area contributed by atoms with Crippen molar-refractivity contribution in [2.24, 2.45) is 0 Å². The van der Waals surface area contributed by atoms with Gasteiger partial charge in [0.25, 0.3) is 12.3 Å². The first-order chi connectivity index (χ1) is 10.5. The van der Waals surface area contributed by atoms with Gasteiger partial charge in [0.05, 0.1) is 0 Å². The van der Waals surface area contributed by atoms with E-state index >= 15 is 0 Å². The highest BCUT2D eigenvalue weighted by atomic mass is 19.3. The van der Waals surface area contributed by atoms with E-state index in [1.54, 1.807) is 0 Å². The van der Waals surface area contributed by atoms with Crippen LogP contribution in [0.2, 0.25) is 0 Å². The lowest BCUT2D eigenvalue weighted by molar-refractivity contribution is 0.0933. The van der Waals surface area contributed by atoms with Gasteiger partial charge in [-0.25, -0.2) is 18.3 Å². The Morgan fingerprint density at radius 2 is 2.18 bits per heavy atom. The van der Waals surface area contributed by atoms with E-state index in [0.29, 0.717) is 11.3 Å². The van der Waals surface area contributed by atoms with Gasteiger partial charge in [0, 0.05) is 23.7 Å². The zero-order valence-corrected chi connectivity index (χ0v) is 12.5. The van der Waals surface area contributed by atoms with Gasteiger partial charge >= 0.3 is 0 Å². The highest BCUT2D eigenvalue weighted by molar-refractivity contribution is 5.93. The minimum atomic E-state index is -2.66. The number of hydrogen-bond acceptors (Lipinski definition) is 3. The summed E-state index contributed by atoms with van der Waals surface area (Å²) in [5.41, 5.74) is 0.864. The molecule has 0 spiro atoms. The summed E-state index contributed by atoms with van der Waals surface area (Å²) in [4.78, 5) is 16.5. The molecule has 1 saturated carbocycles. The van der Waals surface area contributed by atoms with E-state index in [1.165, 1.54) is 12.1 Å². The number of hydrogen-bond donors (Lipinski definition) is 1. The number of nitrogens with one attached hydrogen (secondary N) is 1. The SMILES string of the molecule is CCC(C)NC(=O)c1cc2nc(C3CC3)cc(C(F)F)n2n1. The molecule has 1 fully saturated rings. The maximum atomic E-state index is 13.2. The Balaban J connectivity index is 2.00. The van der Waals surface area contributed by atoms with E-state index in [4.69, 9.17) is 0 Å². The minimum absolute atomic E-state index is 0.00173. The Labute approximate surface area is 126 Å². The van der Waals surface area contributed by atoms with E-state index in [0.717, 1.165) is 23.8 Å². The Kier molecular flexibility index (Phi) is 3.80. The van der Waals surface area contributed by atoms with Gasteiger partial charge in [-0.05, 0) is 32.3 Å². The molecular weight excluding hydrogens is 290 g/mol. The normalized spacial score (nSPS) is 16.2. The van der Waals surface area contributed by atoms with Crippen molar-refractivity contribution >= 4 is 11.6 Å². The Morgan fingerprint density at radius 3 is 2.77 bits per heavy atom. The number of carbonyl (C=O) groups is 1. The van der Waals surface area contributed by atoms with Crippen LogP contribution in [0, 0.1) is 0 Å². The zero-order valence-electron chi connectivity index (χ0n) is 12.5. The largest absolute Gasteiger partial charge is 0.348 e. The van der Waals surface area contributed by atoms with Gasteiger partial charge in [-0.15, -0.1) is 0 Å². The van der Waals surface area contributed by atoms with E-state index in [1.807, 2.05) is 13.8 Å². The lowest BCUT2D eigenvalue weighted by atomic mass is 10.2. The number of halogens is 2. The number of amides is 1. The van der Waals surface area contributed by atoms with Gasteiger partial charge in [0.15, 0.2) is 11.3 Å². The molecule has 118 valence electrons. The van der Waals surface area contributed by atoms with Crippen LogP contribution in [0.1, 0.15) is 67.3 Å². The molecule has 2 heterocycles. The van der Waals surface area contributed by atoms with Crippen molar-refractivity contribution in [2.45, 2.75) is 51.5 Å². The predicted octanol–water partition coefficient (Wildman–Crippen LogP) is 3.07. The lowest BCUT2D eigenvalue weighted by Crippen LogP contribution is -2.32. The minimum Gasteiger partial charge on any atom is -0.348 e. The lowest BCUT2D eigenvalue weighted by Gasteiger charge is -2.09. The summed E-state index contributed by atoms with van der Waals surface area (Å²) < 4.78 is 27.6. The summed E-state index contributed by atoms with van der Waals surface area (Å²) in [7, 11) is 0. The van der Waals surface area contributed by atoms with Crippen LogP contribution in [0.4, 0.5) is 8.78 Å². The van der Waals surface area contributed by atoms with E-state index in [2.05, 4.69) is 15.4 Å². The molecular formula is C15H18F2N4O. The second-order valence-corrected chi connectivity index (χ2v) is 5.76. The Morgan fingerprint density at radius 1 is 1.45 bits per heavy atom. The van der Waals surface area contributed by atoms with Gasteiger partial charge in [-0.3, -0.25) is 4.79 Å². The van der Waals surface area contributed by atoms with Gasteiger partial charge in [-0.1, -0.05) is 6.92 Å². The molecule has 7 heteroatoms. The molecule has 0 bridgehead atoms. The summed E-state index contributed by atoms with van der Waals surface area (Å²) >= 11 is 0. The maximum Gasteiger partial charge on any atom is 0.280 e. The van der Waals surface area contributed by atoms with E-state index in [9.17, 15) is 13.6 Å². The van der Waals surface area contributed by atoms with E-state index < -0.39 is 6.43 Å². The van der Waals surface area contributed by atoms with Crippen molar-refractivity contribution in [1.29, 1.82) is 0 Å². The Hall–Kier alpha value is -2.05. The molecule has 2 aromatic rings. The monoisotopic (exact) mass is 308 g/mol. The molecule has 0 aliphatic heterocycles. The molecule has 1 aliphatic carbocycles. The van der Waals surface area contributed by atoms with Crippen LogP contribution in [-0.4, -0.2) is 26.5 Å². The molecule has 0 aromatic carbocycles. The van der Waals surface area contributed by atoms with Crippen LogP contribution >= 0.6 is 0 Å². The average molecular weight is 308 g/mol. The standard InChI is InChI=1S/C15H18F2N4O/c1-3-8(2)18-15(22)11-7-13-19-10(9-4-5-9)6-12(14(16)17)21(13)20-11/h6-9,14H,3-5H2,1-2H3,(H,18,22). The number of rotatable bonds is 5. The Bertz CT molecular complexity index is 709. The molecule has 1 aliphatic rings. The van der Waals surface area contributed by atoms with Gasteiger partial charge in [0.1, 0.15) is 5.69 Å². The third-order valence-corrected chi connectivity index (χ3v) is 3.92. The van der Waals surface area contributed by atoms with Crippen LogP contribution in [0.3, 0.4) is 0 Å². The van der Waals surface area contributed by atoms with Gasteiger partial charge in [0.2, 0.25) is 0 Å². The van der Waals surface area contributed by atoms with Crippen molar-refractivity contribution in [3.63, 3.8) is 0 Å². The van der Waals surface area contributed by atoms with Gasteiger partial charge < -0.3 is 5.32 Å². The van der Waals surface area contributed by atoms with Crippen LogP contribution in [-0.2, 0) is 0 Å². The molecule has 0 saturated heterocycles. The summed E-state index contributed by atoms with van der Waals surface area (Å²) in [5, 5.41) is 6.78. The molecule has 2 aromatic heterocycles. The number of nitrogens with zero attached hydrogens (tertiary/aromatic N) is 3. The molecule has 1 N–H and O–H groups in total. The number of fused-ring (bicyclic) bond motifs is 1. The highest BCUT2D eigenvalue weighted by Gasteiger charge is 2.28. The third kappa shape index (κ3) is 2.80.